The molecule has 114 valence electrons. The van der Waals surface area contributed by atoms with E-state index in [1.807, 2.05) is 48.5 Å². The summed E-state index contributed by atoms with van der Waals surface area (Å²) in [5, 5.41) is 0.929. The maximum absolute atomic E-state index is 11.6. The van der Waals surface area contributed by atoms with Crippen LogP contribution in [-0.2, 0) is 0 Å². The second-order valence-corrected chi connectivity index (χ2v) is 5.14. The van der Waals surface area contributed by atoms with Gasteiger partial charge in [0.2, 0.25) is 0 Å². The molecule has 0 fully saturated rings. The van der Waals surface area contributed by atoms with Crippen LogP contribution in [0.4, 0.5) is 0 Å². The first-order chi connectivity index (χ1) is 11.1. The third-order valence-corrected chi connectivity index (χ3v) is 3.73. The van der Waals surface area contributed by atoms with Crippen molar-refractivity contribution < 1.29 is 9.53 Å². The zero-order chi connectivity index (χ0) is 16.4. The lowest BCUT2D eigenvalue weighted by Crippen LogP contribution is -2.13. The molecule has 0 saturated heterocycles. The SMILES string of the molecule is C=C(c1ccc(OC)cc1)c1cc(C(N)=O)nc2ccccc12. The molecule has 0 unspecified atom stereocenters. The van der Waals surface area contributed by atoms with Crippen molar-refractivity contribution in [3.8, 4) is 5.75 Å². The van der Waals surface area contributed by atoms with Crippen molar-refractivity contribution in [1.29, 1.82) is 0 Å². The van der Waals surface area contributed by atoms with E-state index in [0.29, 0.717) is 5.52 Å². The number of nitrogens with two attached hydrogens (primary N) is 1. The lowest BCUT2D eigenvalue weighted by molar-refractivity contribution is 0.0996. The van der Waals surface area contributed by atoms with Gasteiger partial charge in [0.05, 0.1) is 12.6 Å². The fourth-order valence-corrected chi connectivity index (χ4v) is 2.50. The molecule has 3 aromatic rings. The minimum absolute atomic E-state index is 0.230. The molecule has 1 heterocycles. The van der Waals surface area contributed by atoms with Crippen molar-refractivity contribution in [1.82, 2.24) is 4.98 Å². The Morgan fingerprint density at radius 2 is 1.83 bits per heavy atom. The zero-order valence-electron chi connectivity index (χ0n) is 12.7. The van der Waals surface area contributed by atoms with Gasteiger partial charge >= 0.3 is 0 Å². The molecule has 4 heteroatoms. The van der Waals surface area contributed by atoms with Gasteiger partial charge in [0.1, 0.15) is 11.4 Å². The molecular weight excluding hydrogens is 288 g/mol. The maximum atomic E-state index is 11.6. The first kappa shape index (κ1) is 14.8. The van der Waals surface area contributed by atoms with Gasteiger partial charge < -0.3 is 10.5 Å². The number of benzene rings is 2. The summed E-state index contributed by atoms with van der Waals surface area (Å²) in [5.74, 6) is 0.221. The van der Waals surface area contributed by atoms with Crippen molar-refractivity contribution in [2.45, 2.75) is 0 Å². The highest BCUT2D eigenvalue weighted by molar-refractivity contribution is 6.00. The van der Waals surface area contributed by atoms with E-state index in [9.17, 15) is 4.79 Å². The van der Waals surface area contributed by atoms with Gasteiger partial charge in [0, 0.05) is 5.39 Å². The number of nitrogens with zero attached hydrogens (tertiary/aromatic N) is 1. The molecule has 1 aromatic heterocycles. The van der Waals surface area contributed by atoms with Gasteiger partial charge in [-0.25, -0.2) is 4.98 Å². The molecule has 3 rings (SSSR count). The Hall–Kier alpha value is -3.14. The first-order valence-corrected chi connectivity index (χ1v) is 7.13. The number of fused-ring (bicyclic) bond motifs is 1. The topological polar surface area (TPSA) is 65.2 Å². The highest BCUT2D eigenvalue weighted by Crippen LogP contribution is 2.29. The third-order valence-electron chi connectivity index (χ3n) is 3.73. The number of rotatable bonds is 4. The molecule has 0 radical (unpaired) electrons. The minimum Gasteiger partial charge on any atom is -0.497 e. The van der Waals surface area contributed by atoms with Crippen LogP contribution in [0.3, 0.4) is 0 Å². The van der Waals surface area contributed by atoms with Gasteiger partial charge in [-0.05, 0) is 41.0 Å². The van der Waals surface area contributed by atoms with Gasteiger partial charge in [-0.15, -0.1) is 0 Å². The molecule has 0 aliphatic rings. The van der Waals surface area contributed by atoms with Crippen LogP contribution in [0, 0.1) is 0 Å². The lowest BCUT2D eigenvalue weighted by Gasteiger charge is -2.12. The lowest BCUT2D eigenvalue weighted by atomic mass is 9.95. The number of ether oxygens (including phenoxy) is 1. The van der Waals surface area contributed by atoms with Gasteiger partial charge in [-0.2, -0.15) is 0 Å². The van der Waals surface area contributed by atoms with Crippen molar-refractivity contribution >= 4 is 22.4 Å². The number of para-hydroxylation sites is 1. The normalized spacial score (nSPS) is 10.5. The summed E-state index contributed by atoms with van der Waals surface area (Å²) in [4.78, 5) is 15.9. The Bertz CT molecular complexity index is 899. The Morgan fingerprint density at radius 1 is 1.13 bits per heavy atom. The van der Waals surface area contributed by atoms with E-state index < -0.39 is 5.91 Å². The summed E-state index contributed by atoms with van der Waals surface area (Å²) in [7, 11) is 1.62. The largest absolute Gasteiger partial charge is 0.497 e. The van der Waals surface area contributed by atoms with E-state index in [0.717, 1.165) is 27.8 Å². The van der Waals surface area contributed by atoms with Crippen LogP contribution in [-0.4, -0.2) is 18.0 Å². The molecule has 0 saturated carbocycles. The number of primary amides is 1. The summed E-state index contributed by atoms with van der Waals surface area (Å²) in [6.07, 6.45) is 0. The molecule has 0 aliphatic heterocycles. The monoisotopic (exact) mass is 304 g/mol. The summed E-state index contributed by atoms with van der Waals surface area (Å²) < 4.78 is 5.17. The molecule has 2 N–H and O–H groups in total. The number of hydrogen-bond donors (Lipinski definition) is 1. The number of carbonyl (C=O) groups is 1. The van der Waals surface area contributed by atoms with Crippen LogP contribution in [0.15, 0.2) is 61.2 Å². The second-order valence-electron chi connectivity index (χ2n) is 5.14. The van der Waals surface area contributed by atoms with E-state index >= 15 is 0 Å². The van der Waals surface area contributed by atoms with E-state index in [4.69, 9.17) is 10.5 Å². The summed E-state index contributed by atoms with van der Waals surface area (Å²) >= 11 is 0. The first-order valence-electron chi connectivity index (χ1n) is 7.13. The van der Waals surface area contributed by atoms with Gasteiger partial charge in [-0.3, -0.25) is 4.79 Å². The Kier molecular flexibility index (Phi) is 3.81. The number of aromatic nitrogens is 1. The third kappa shape index (κ3) is 2.79. The van der Waals surface area contributed by atoms with Gasteiger partial charge in [0.15, 0.2) is 0 Å². The van der Waals surface area contributed by atoms with Crippen molar-refractivity contribution in [2.24, 2.45) is 5.73 Å². The Morgan fingerprint density at radius 3 is 2.48 bits per heavy atom. The van der Waals surface area contributed by atoms with Crippen molar-refractivity contribution in [2.75, 3.05) is 7.11 Å². The molecule has 23 heavy (non-hydrogen) atoms. The molecule has 0 atom stereocenters. The molecule has 0 aliphatic carbocycles. The summed E-state index contributed by atoms with van der Waals surface area (Å²) in [5.41, 5.74) is 8.93. The predicted octanol–water partition coefficient (Wildman–Crippen LogP) is 3.40. The van der Waals surface area contributed by atoms with E-state index in [2.05, 4.69) is 11.6 Å². The fraction of sp³-hybridized carbons (Fsp3) is 0.0526. The molecule has 1 amide bonds. The standard InChI is InChI=1S/C19H16N2O2/c1-12(13-7-9-14(23-2)10-8-13)16-11-18(19(20)22)21-17-6-4-3-5-15(16)17/h3-11H,1H2,2H3,(H2,20,22). The second kappa shape index (κ2) is 5.93. The molecule has 0 spiro atoms. The summed E-state index contributed by atoms with van der Waals surface area (Å²) in [6.45, 7) is 4.18. The molecule has 2 aromatic carbocycles. The van der Waals surface area contributed by atoms with Crippen LogP contribution in [0.2, 0.25) is 0 Å². The highest BCUT2D eigenvalue weighted by Gasteiger charge is 2.12. The quantitative estimate of drug-likeness (QED) is 0.803. The fourth-order valence-electron chi connectivity index (χ4n) is 2.50. The minimum atomic E-state index is -0.556. The van der Waals surface area contributed by atoms with Crippen LogP contribution in [0.1, 0.15) is 21.6 Å². The average molecular weight is 304 g/mol. The van der Waals surface area contributed by atoms with Crippen LogP contribution in [0.25, 0.3) is 16.5 Å². The number of carbonyl (C=O) groups excluding carboxylic acids is 1. The predicted molar refractivity (Wildman–Crippen MR) is 91.4 cm³/mol. The Labute approximate surface area is 134 Å². The summed E-state index contributed by atoms with van der Waals surface area (Å²) in [6, 6.07) is 16.9. The van der Waals surface area contributed by atoms with E-state index in [1.165, 1.54) is 0 Å². The molecular formula is C19H16N2O2. The van der Waals surface area contributed by atoms with Gasteiger partial charge in [0.25, 0.3) is 5.91 Å². The van der Waals surface area contributed by atoms with Crippen LogP contribution in [0.5, 0.6) is 5.75 Å². The number of pyridine rings is 1. The molecule has 0 bridgehead atoms. The molecule has 4 nitrogen and oxygen atoms in total. The number of amides is 1. The van der Waals surface area contributed by atoms with Crippen LogP contribution < -0.4 is 10.5 Å². The smallest absolute Gasteiger partial charge is 0.267 e. The van der Waals surface area contributed by atoms with Crippen LogP contribution >= 0.6 is 0 Å². The highest BCUT2D eigenvalue weighted by atomic mass is 16.5. The van der Waals surface area contributed by atoms with E-state index in [1.54, 1.807) is 13.2 Å². The number of hydrogen-bond acceptors (Lipinski definition) is 3. The van der Waals surface area contributed by atoms with Crippen molar-refractivity contribution in [3.05, 3.63) is 78.0 Å². The average Bonchev–Trinajstić information content (AvgIpc) is 2.60. The maximum Gasteiger partial charge on any atom is 0.267 e. The van der Waals surface area contributed by atoms with Gasteiger partial charge in [-0.1, -0.05) is 36.9 Å². The Balaban J connectivity index is 2.16. The van der Waals surface area contributed by atoms with E-state index in [-0.39, 0.29) is 5.69 Å². The number of methoxy groups -OCH3 is 1. The zero-order valence-corrected chi connectivity index (χ0v) is 12.7. The van der Waals surface area contributed by atoms with Crippen molar-refractivity contribution in [3.63, 3.8) is 0 Å².